The molecule has 0 saturated heterocycles. The fraction of sp³-hybridized carbons (Fsp3) is 0.700. The second-order valence-electron chi connectivity index (χ2n) is 4.10. The monoisotopic (exact) mass is 196 g/mol. The average Bonchev–Trinajstić information content (AvgIpc) is 2.78. The molecule has 78 valence electrons. The van der Waals surface area contributed by atoms with Crippen LogP contribution in [0, 0.1) is 6.92 Å². The fourth-order valence-electron chi connectivity index (χ4n) is 1.60. The normalized spacial score (nSPS) is 18.2. The quantitative estimate of drug-likeness (QED) is 0.791. The first kappa shape index (κ1) is 9.52. The number of hydrogen-bond donors (Lipinski definition) is 1. The number of aryl methyl sites for hydroxylation is 1. The van der Waals surface area contributed by atoms with E-state index in [1.54, 1.807) is 7.11 Å². The highest BCUT2D eigenvalue weighted by molar-refractivity contribution is 5.27. The van der Waals surface area contributed by atoms with Crippen LogP contribution in [0.5, 0.6) is 5.95 Å². The van der Waals surface area contributed by atoms with E-state index in [4.69, 9.17) is 15.0 Å². The van der Waals surface area contributed by atoms with Crippen molar-refractivity contribution in [1.82, 2.24) is 5.16 Å². The molecule has 1 aromatic rings. The van der Waals surface area contributed by atoms with Crippen LogP contribution in [0.4, 0.5) is 0 Å². The van der Waals surface area contributed by atoms with Crippen LogP contribution in [0.3, 0.4) is 0 Å². The summed E-state index contributed by atoms with van der Waals surface area (Å²) in [5.41, 5.74) is 8.06. The Morgan fingerprint density at radius 1 is 1.57 bits per heavy atom. The Bertz CT molecular complexity index is 329. The molecule has 0 radical (unpaired) electrons. The van der Waals surface area contributed by atoms with Gasteiger partial charge in [0, 0.05) is 5.54 Å². The van der Waals surface area contributed by atoms with Crippen LogP contribution in [-0.4, -0.2) is 17.8 Å². The predicted octanol–water partition coefficient (Wildman–Crippen LogP) is 1.42. The van der Waals surface area contributed by atoms with Crippen molar-refractivity contribution in [3.8, 4) is 5.95 Å². The lowest BCUT2D eigenvalue weighted by Crippen LogP contribution is -2.22. The highest BCUT2D eigenvalue weighted by Gasteiger charge is 2.37. The summed E-state index contributed by atoms with van der Waals surface area (Å²) in [5, 5.41) is 3.87. The first-order valence-electron chi connectivity index (χ1n) is 4.93. The van der Waals surface area contributed by atoms with Gasteiger partial charge in [0.2, 0.25) is 0 Å². The van der Waals surface area contributed by atoms with Crippen LogP contribution in [-0.2, 0) is 6.42 Å². The van der Waals surface area contributed by atoms with E-state index in [0.717, 1.165) is 36.9 Å². The molecule has 14 heavy (non-hydrogen) atoms. The molecule has 1 aliphatic carbocycles. The Labute approximate surface area is 83.4 Å². The Balaban J connectivity index is 2.03. The Hall–Kier alpha value is -1.03. The molecular weight excluding hydrogens is 180 g/mol. The summed E-state index contributed by atoms with van der Waals surface area (Å²) in [7, 11) is 1.60. The molecule has 0 aromatic carbocycles. The topological polar surface area (TPSA) is 61.3 Å². The first-order chi connectivity index (χ1) is 6.64. The number of methoxy groups -OCH3 is 1. The average molecular weight is 196 g/mol. The summed E-state index contributed by atoms with van der Waals surface area (Å²) >= 11 is 0. The van der Waals surface area contributed by atoms with Gasteiger partial charge in [-0.15, -0.1) is 0 Å². The Morgan fingerprint density at radius 3 is 2.86 bits per heavy atom. The zero-order valence-corrected chi connectivity index (χ0v) is 8.67. The van der Waals surface area contributed by atoms with E-state index in [9.17, 15) is 0 Å². The van der Waals surface area contributed by atoms with Crippen molar-refractivity contribution in [3.63, 3.8) is 0 Å². The molecule has 4 nitrogen and oxygen atoms in total. The fourth-order valence-corrected chi connectivity index (χ4v) is 1.60. The van der Waals surface area contributed by atoms with E-state index in [0.29, 0.717) is 5.95 Å². The molecule has 2 N–H and O–H groups in total. The summed E-state index contributed by atoms with van der Waals surface area (Å²) in [6.07, 6.45) is 4.17. The Morgan fingerprint density at radius 2 is 2.29 bits per heavy atom. The molecule has 1 aromatic heterocycles. The van der Waals surface area contributed by atoms with Gasteiger partial charge in [0.15, 0.2) is 0 Å². The third-order valence-corrected chi connectivity index (χ3v) is 2.90. The minimum atomic E-state index is 0.0781. The van der Waals surface area contributed by atoms with Gasteiger partial charge in [-0.1, -0.05) is 5.16 Å². The molecule has 2 rings (SSSR count). The van der Waals surface area contributed by atoms with E-state index in [2.05, 4.69) is 5.16 Å². The van der Waals surface area contributed by atoms with Gasteiger partial charge in [-0.25, -0.2) is 0 Å². The van der Waals surface area contributed by atoms with E-state index in [1.807, 2.05) is 6.92 Å². The molecular formula is C10H16N2O2. The maximum atomic E-state index is 6.01. The SMILES string of the molecule is COc1onc(C)c1CCC1(N)CC1. The van der Waals surface area contributed by atoms with Crippen molar-refractivity contribution in [2.75, 3.05) is 7.11 Å². The van der Waals surface area contributed by atoms with Gasteiger partial charge in [-0.3, -0.25) is 0 Å². The van der Waals surface area contributed by atoms with Gasteiger partial charge < -0.3 is 15.0 Å². The summed E-state index contributed by atoms with van der Waals surface area (Å²) in [6, 6.07) is 0. The van der Waals surface area contributed by atoms with E-state index in [-0.39, 0.29) is 5.54 Å². The zero-order chi connectivity index (χ0) is 10.2. The van der Waals surface area contributed by atoms with Crippen molar-refractivity contribution >= 4 is 0 Å². The van der Waals surface area contributed by atoms with Gasteiger partial charge in [0.1, 0.15) is 0 Å². The first-order valence-corrected chi connectivity index (χ1v) is 4.93. The van der Waals surface area contributed by atoms with Crippen molar-refractivity contribution in [3.05, 3.63) is 11.3 Å². The Kier molecular flexibility index (Phi) is 2.23. The van der Waals surface area contributed by atoms with Crippen molar-refractivity contribution < 1.29 is 9.26 Å². The van der Waals surface area contributed by atoms with E-state index < -0.39 is 0 Å². The standard InChI is InChI=1S/C10H16N2O2/c1-7-8(9(13-2)14-12-7)3-4-10(11)5-6-10/h3-6,11H2,1-2H3. The van der Waals surface area contributed by atoms with Crippen LogP contribution < -0.4 is 10.5 Å². The highest BCUT2D eigenvalue weighted by atomic mass is 16.6. The maximum Gasteiger partial charge on any atom is 0.314 e. The van der Waals surface area contributed by atoms with E-state index >= 15 is 0 Å². The number of rotatable bonds is 4. The van der Waals surface area contributed by atoms with Gasteiger partial charge in [0.25, 0.3) is 0 Å². The van der Waals surface area contributed by atoms with Gasteiger partial charge in [-0.05, 0) is 32.6 Å². The largest absolute Gasteiger partial charge is 0.467 e. The highest BCUT2D eigenvalue weighted by Crippen LogP contribution is 2.37. The van der Waals surface area contributed by atoms with Crippen LogP contribution in [0.2, 0.25) is 0 Å². The third-order valence-electron chi connectivity index (χ3n) is 2.90. The lowest BCUT2D eigenvalue weighted by Gasteiger charge is -2.07. The summed E-state index contributed by atoms with van der Waals surface area (Å²) in [4.78, 5) is 0. The van der Waals surface area contributed by atoms with E-state index in [1.165, 1.54) is 0 Å². The van der Waals surface area contributed by atoms with Gasteiger partial charge >= 0.3 is 5.95 Å². The molecule has 0 aliphatic heterocycles. The van der Waals surface area contributed by atoms with Gasteiger partial charge in [-0.2, -0.15) is 0 Å². The van der Waals surface area contributed by atoms with Gasteiger partial charge in [0.05, 0.1) is 18.4 Å². The molecule has 0 spiro atoms. The summed E-state index contributed by atoms with van der Waals surface area (Å²) in [5.74, 6) is 0.534. The smallest absolute Gasteiger partial charge is 0.314 e. The van der Waals surface area contributed by atoms with Crippen molar-refractivity contribution in [1.29, 1.82) is 0 Å². The number of ether oxygens (including phenoxy) is 1. The molecule has 0 bridgehead atoms. The predicted molar refractivity (Wildman–Crippen MR) is 52.3 cm³/mol. The molecule has 1 aliphatic rings. The number of aromatic nitrogens is 1. The maximum absolute atomic E-state index is 6.01. The molecule has 1 heterocycles. The lowest BCUT2D eigenvalue weighted by molar-refractivity contribution is 0.257. The van der Waals surface area contributed by atoms with Crippen LogP contribution in [0.25, 0.3) is 0 Å². The zero-order valence-electron chi connectivity index (χ0n) is 8.67. The van der Waals surface area contributed by atoms with Crippen LogP contribution >= 0.6 is 0 Å². The number of hydrogen-bond acceptors (Lipinski definition) is 4. The molecule has 4 heteroatoms. The van der Waals surface area contributed by atoms with Crippen LogP contribution in [0.15, 0.2) is 4.52 Å². The van der Waals surface area contributed by atoms with Crippen molar-refractivity contribution in [2.45, 2.75) is 38.1 Å². The third kappa shape index (κ3) is 1.75. The molecule has 1 fully saturated rings. The second-order valence-corrected chi connectivity index (χ2v) is 4.10. The second kappa shape index (κ2) is 3.28. The lowest BCUT2D eigenvalue weighted by atomic mass is 10.1. The molecule has 1 saturated carbocycles. The summed E-state index contributed by atoms with van der Waals surface area (Å²) < 4.78 is 10.1. The minimum absolute atomic E-state index is 0.0781. The molecule has 0 atom stereocenters. The summed E-state index contributed by atoms with van der Waals surface area (Å²) in [6.45, 7) is 1.93. The number of nitrogens with two attached hydrogens (primary N) is 1. The number of nitrogens with zero attached hydrogens (tertiary/aromatic N) is 1. The van der Waals surface area contributed by atoms with Crippen LogP contribution in [0.1, 0.15) is 30.5 Å². The molecule has 0 unspecified atom stereocenters. The molecule has 0 amide bonds. The van der Waals surface area contributed by atoms with Crippen molar-refractivity contribution in [2.24, 2.45) is 5.73 Å². The minimum Gasteiger partial charge on any atom is -0.467 e.